The number of furan rings is 2. The molecule has 0 saturated carbocycles. The largest absolute Gasteiger partial charge is 0.456 e. The van der Waals surface area contributed by atoms with Crippen molar-refractivity contribution in [2.24, 2.45) is 0 Å². The van der Waals surface area contributed by atoms with Gasteiger partial charge in [-0.25, -0.2) is 18.3 Å². The van der Waals surface area contributed by atoms with Gasteiger partial charge in [0.15, 0.2) is 22.1 Å². The van der Waals surface area contributed by atoms with Crippen LogP contribution in [-0.4, -0.2) is 17.6 Å². The number of pyridine rings is 4. The lowest BCUT2D eigenvalue weighted by Gasteiger charge is -2.23. The van der Waals surface area contributed by atoms with E-state index in [9.17, 15) is 0 Å². The normalized spacial score (nSPS) is 15.7. The number of fused-ring (bicyclic) bond motifs is 25. The molecule has 0 bridgehead atoms. The quantitative estimate of drug-likeness (QED) is 0.142. The summed E-state index contributed by atoms with van der Waals surface area (Å²) in [6.45, 7) is 68.4. The highest BCUT2D eigenvalue weighted by molar-refractivity contribution is 7.13. The van der Waals surface area contributed by atoms with E-state index in [-0.39, 0.29) is 27.6 Å². The van der Waals surface area contributed by atoms with Gasteiger partial charge in [-0.1, -0.05) is 56.3 Å². The van der Waals surface area contributed by atoms with Crippen LogP contribution in [0.5, 0.6) is 0 Å². The standard InChI is InChI=1S/C30H33N2.C23H25N2O.C19H23N2O.C19H23N2S/c1-16-17(2)19(4)31-27(18(16)3)20(5)32-28(31)23-15-25-22(14-26(23)30(32,8)9)21-12-10-11-13-24(21)29(25,6)7;1-12-13(2)15(4)24-20(14(12)3)16(5)25-22(24)21-19(23(25,6)7)17-10-8-9-11-18(17)26-21;2*1-10-11(2)13(4)20-16(12(10)3)14(5)21-18(20)17-15(8-9-22-17)19(21,6)7/h10-15H,1-9H3;8-11H,1-7H3;2*8-9H,1-7H3/q4*+1. The van der Waals surface area contributed by atoms with Gasteiger partial charge in [-0.2, -0.15) is 17.6 Å². The van der Waals surface area contributed by atoms with Crippen LogP contribution in [0.2, 0.25) is 0 Å². The highest BCUT2D eigenvalue weighted by atomic mass is 32.1. The van der Waals surface area contributed by atoms with Gasteiger partial charge in [0.1, 0.15) is 78.2 Å². The van der Waals surface area contributed by atoms with Gasteiger partial charge in [0, 0.05) is 71.9 Å². The Morgan fingerprint density at radius 3 is 1.25 bits per heavy atom. The van der Waals surface area contributed by atoms with Crippen molar-refractivity contribution in [2.45, 2.75) is 235 Å². The first kappa shape index (κ1) is 67.4. The lowest BCUT2D eigenvalue weighted by Crippen LogP contribution is -2.51. The van der Waals surface area contributed by atoms with Crippen molar-refractivity contribution in [3.05, 3.63) is 230 Å². The van der Waals surface area contributed by atoms with Crippen LogP contribution in [0.15, 0.2) is 93.3 Å². The molecule has 0 N–H and O–H groups in total. The van der Waals surface area contributed by atoms with Crippen molar-refractivity contribution in [3.63, 3.8) is 0 Å². The van der Waals surface area contributed by atoms with E-state index in [1.807, 2.05) is 23.7 Å². The van der Waals surface area contributed by atoms with Crippen molar-refractivity contribution in [1.82, 2.24) is 17.6 Å². The monoisotopic (exact) mass is 1370 g/mol. The average Bonchev–Trinajstić information content (AvgIpc) is 1.54. The van der Waals surface area contributed by atoms with Crippen molar-refractivity contribution in [1.29, 1.82) is 0 Å². The van der Waals surface area contributed by atoms with E-state index in [0.29, 0.717) is 0 Å². The number of aromatic nitrogens is 8. The van der Waals surface area contributed by atoms with Gasteiger partial charge >= 0.3 is 17.5 Å². The fraction of sp³-hybridized carbons (Fsp3) is 0.385. The molecule has 0 unspecified atom stereocenters. The Bertz CT molecular complexity index is 5990. The Balaban J connectivity index is 0.000000107. The molecule has 11 heteroatoms. The maximum atomic E-state index is 6.42. The molecule has 1 aliphatic carbocycles. The minimum Gasteiger partial charge on any atom is -0.456 e. The molecule has 0 saturated heterocycles. The minimum absolute atomic E-state index is 0.0120. The zero-order chi connectivity index (χ0) is 73.4. The van der Waals surface area contributed by atoms with Crippen LogP contribution >= 0.6 is 11.3 Å². The molecule has 3 aromatic carbocycles. The number of thiophene rings is 1. The second kappa shape index (κ2) is 21.5. The Hall–Kier alpha value is -9.06. The molecule has 522 valence electrons. The molecular formula is C91H104N8O2S+4. The summed E-state index contributed by atoms with van der Waals surface area (Å²) < 4.78 is 32.2. The van der Waals surface area contributed by atoms with Crippen LogP contribution in [0.3, 0.4) is 0 Å². The van der Waals surface area contributed by atoms with Gasteiger partial charge < -0.3 is 8.83 Å². The number of hydrogen-bond donors (Lipinski definition) is 0. The molecule has 5 aliphatic rings. The number of rotatable bonds is 0. The third-order valence-corrected chi connectivity index (χ3v) is 28.0. The van der Waals surface area contributed by atoms with E-state index in [0.717, 1.165) is 17.1 Å². The van der Waals surface area contributed by atoms with E-state index >= 15 is 0 Å². The Kier molecular flexibility index (Phi) is 14.2. The number of hydrogen-bond acceptors (Lipinski definition) is 3. The first-order chi connectivity index (χ1) is 47.8. The molecule has 19 rings (SSSR count). The van der Waals surface area contributed by atoms with Crippen molar-refractivity contribution >= 4 is 44.4 Å². The SMILES string of the molecule is Cc1c(C)c(C)n2c3[n+](c(C)c2c1C)C(C)(C)c1c-3oc2ccccc12.Cc1c(C)c(C)n2c3[n+](c(C)c2c1C)C(C)(C)c1cc2c(cc1-3)C(C)(C)c1ccccc1-2.Cc1c(C)c(C)n2c3[n+](c(C)c2c1C)C(C)(C)c1ccoc1-3.Cc1c(C)c(C)n2c3[n+](c(C)c2c1C)C(C)(C)c1ccsc1-3. The maximum absolute atomic E-state index is 6.42. The summed E-state index contributed by atoms with van der Waals surface area (Å²) in [6.07, 6.45) is 1.81. The van der Waals surface area contributed by atoms with Crippen LogP contribution < -0.4 is 18.3 Å². The number of benzene rings is 3. The lowest BCUT2D eigenvalue weighted by molar-refractivity contribution is -0.735. The smallest absolute Gasteiger partial charge is 0.332 e. The topological polar surface area (TPSA) is 59.4 Å². The van der Waals surface area contributed by atoms with Crippen LogP contribution in [0.4, 0.5) is 0 Å². The molecule has 0 fully saturated rings. The molecule has 102 heavy (non-hydrogen) atoms. The predicted molar refractivity (Wildman–Crippen MR) is 418 cm³/mol. The maximum Gasteiger partial charge on any atom is 0.332 e. The third kappa shape index (κ3) is 8.12. The predicted octanol–water partition coefficient (Wildman–Crippen LogP) is 20.8. The summed E-state index contributed by atoms with van der Waals surface area (Å²) in [6, 6.07) is 26.8. The van der Waals surface area contributed by atoms with Crippen LogP contribution in [-0.2, 0) is 27.6 Å². The molecule has 0 radical (unpaired) electrons. The molecule has 0 amide bonds. The van der Waals surface area contributed by atoms with E-state index in [1.165, 1.54) is 218 Å². The Morgan fingerprint density at radius 1 is 0.333 bits per heavy atom. The summed E-state index contributed by atoms with van der Waals surface area (Å²) in [5.74, 6) is 7.10. The van der Waals surface area contributed by atoms with E-state index < -0.39 is 0 Å². The third-order valence-electron chi connectivity index (χ3n) is 27.1. The molecule has 15 heterocycles. The second-order valence-corrected chi connectivity index (χ2v) is 34.5. The van der Waals surface area contributed by atoms with Crippen molar-refractivity contribution in [3.8, 4) is 56.4 Å². The number of nitrogens with zero attached hydrogens (tertiary/aromatic N) is 8. The average molecular weight is 1370 g/mol. The highest BCUT2D eigenvalue weighted by Gasteiger charge is 2.54. The van der Waals surface area contributed by atoms with Gasteiger partial charge in [0.2, 0.25) is 11.5 Å². The van der Waals surface area contributed by atoms with Gasteiger partial charge in [-0.05, 0) is 269 Å². The fourth-order valence-electron chi connectivity index (χ4n) is 20.4. The molecule has 14 aromatic rings. The summed E-state index contributed by atoms with van der Waals surface area (Å²) >= 11 is 1.87. The fourth-order valence-corrected chi connectivity index (χ4v) is 21.5. The second-order valence-electron chi connectivity index (χ2n) is 33.5. The zero-order valence-corrected chi connectivity index (χ0v) is 67.2. The summed E-state index contributed by atoms with van der Waals surface area (Å²) in [5.41, 5.74) is 46.1. The van der Waals surface area contributed by atoms with E-state index in [1.54, 1.807) is 0 Å². The van der Waals surface area contributed by atoms with Crippen molar-refractivity contribution in [2.75, 3.05) is 0 Å². The molecule has 11 aromatic heterocycles. The molecule has 10 nitrogen and oxygen atoms in total. The lowest BCUT2D eigenvalue weighted by atomic mass is 9.80. The molecular weight excluding hydrogens is 1270 g/mol. The molecule has 0 atom stereocenters. The summed E-state index contributed by atoms with van der Waals surface area (Å²) in [4.78, 5) is 1.43. The molecule has 0 spiro atoms. The number of aryl methyl sites for hydroxylation is 12. The number of para-hydroxylation sites is 1. The highest BCUT2D eigenvalue weighted by Crippen LogP contribution is 2.54. The zero-order valence-electron chi connectivity index (χ0n) is 66.4. The minimum atomic E-state index is -0.145. The molecule has 4 aliphatic heterocycles. The summed E-state index contributed by atoms with van der Waals surface area (Å²) in [7, 11) is 0. The van der Waals surface area contributed by atoms with Gasteiger partial charge in [-0.15, -0.1) is 11.3 Å². The Morgan fingerprint density at radius 2 is 0.735 bits per heavy atom. The summed E-state index contributed by atoms with van der Waals surface area (Å²) in [5, 5.41) is 3.45. The van der Waals surface area contributed by atoms with Crippen LogP contribution in [0.1, 0.15) is 215 Å². The first-order valence-electron chi connectivity index (χ1n) is 37.0. The van der Waals surface area contributed by atoms with Crippen LogP contribution in [0, 0.1) is 138 Å². The van der Waals surface area contributed by atoms with Gasteiger partial charge in [0.25, 0.3) is 5.82 Å². The van der Waals surface area contributed by atoms with E-state index in [4.69, 9.17) is 8.83 Å². The Labute approximate surface area is 607 Å². The van der Waals surface area contributed by atoms with Crippen molar-refractivity contribution < 1.29 is 27.1 Å². The van der Waals surface area contributed by atoms with Gasteiger partial charge in [0.05, 0.1) is 23.0 Å². The van der Waals surface area contributed by atoms with E-state index in [2.05, 4.69) is 316 Å². The van der Waals surface area contributed by atoms with Gasteiger partial charge in [-0.3, -0.25) is 0 Å². The van der Waals surface area contributed by atoms with Crippen LogP contribution in [0.25, 0.3) is 89.4 Å². The number of imidazole rings is 4. The first-order valence-corrected chi connectivity index (χ1v) is 37.8.